The molecule has 0 fully saturated rings. The fourth-order valence-electron chi connectivity index (χ4n) is 2.88. The Labute approximate surface area is 186 Å². The lowest BCUT2D eigenvalue weighted by Gasteiger charge is -2.12. The first-order valence-corrected chi connectivity index (χ1v) is 11.3. The Morgan fingerprint density at radius 2 is 1.62 bits per heavy atom. The number of nitrogens with one attached hydrogen (secondary N) is 3. The average molecular weight is 454 g/mol. The number of hydrogen-bond donors (Lipinski definition) is 3. The summed E-state index contributed by atoms with van der Waals surface area (Å²) in [6.45, 7) is 0.146. The van der Waals surface area contributed by atoms with Gasteiger partial charge in [0.15, 0.2) is 0 Å². The summed E-state index contributed by atoms with van der Waals surface area (Å²) in [4.78, 5) is 24.2. The van der Waals surface area contributed by atoms with E-state index in [0.717, 1.165) is 0 Å². The highest BCUT2D eigenvalue weighted by molar-refractivity contribution is 7.92. The molecule has 0 aliphatic heterocycles. The second-order valence-corrected chi connectivity index (χ2v) is 8.44. The number of rotatable bonds is 9. The van der Waals surface area contributed by atoms with Gasteiger partial charge in [-0.3, -0.25) is 14.3 Å². The molecule has 0 aliphatic carbocycles. The number of anilines is 2. The molecule has 3 N–H and O–H groups in total. The fraction of sp³-hybridized carbons (Fsp3) is 0.130. The molecule has 8 nitrogen and oxygen atoms in total. The van der Waals surface area contributed by atoms with E-state index in [9.17, 15) is 18.0 Å². The molecule has 0 aliphatic rings. The maximum absolute atomic E-state index is 12.8. The Hall–Kier alpha value is -3.85. The van der Waals surface area contributed by atoms with Crippen molar-refractivity contribution in [1.82, 2.24) is 5.32 Å². The van der Waals surface area contributed by atoms with Gasteiger partial charge in [0.2, 0.25) is 5.91 Å². The van der Waals surface area contributed by atoms with Crippen molar-refractivity contribution in [3.05, 3.63) is 84.4 Å². The van der Waals surface area contributed by atoms with Gasteiger partial charge in [-0.05, 0) is 42.5 Å². The van der Waals surface area contributed by atoms with E-state index in [1.165, 1.54) is 25.3 Å². The second kappa shape index (κ2) is 10.5. The summed E-state index contributed by atoms with van der Waals surface area (Å²) in [6.07, 6.45) is 0.0367. The van der Waals surface area contributed by atoms with Crippen molar-refractivity contribution < 1.29 is 22.7 Å². The zero-order valence-corrected chi connectivity index (χ0v) is 18.2. The predicted molar refractivity (Wildman–Crippen MR) is 122 cm³/mol. The van der Waals surface area contributed by atoms with Crippen LogP contribution in [-0.4, -0.2) is 33.9 Å². The topological polar surface area (TPSA) is 114 Å². The molecule has 0 saturated carbocycles. The first-order chi connectivity index (χ1) is 15.4. The lowest BCUT2D eigenvalue weighted by molar-refractivity contribution is -0.116. The van der Waals surface area contributed by atoms with Crippen LogP contribution in [0.5, 0.6) is 5.75 Å². The molecule has 0 heterocycles. The maximum atomic E-state index is 12.8. The third kappa shape index (κ3) is 6.08. The van der Waals surface area contributed by atoms with E-state index < -0.39 is 10.0 Å². The van der Waals surface area contributed by atoms with Gasteiger partial charge in [-0.25, -0.2) is 8.42 Å². The lowest BCUT2D eigenvalue weighted by atomic mass is 10.2. The molecule has 2 amide bonds. The van der Waals surface area contributed by atoms with Crippen LogP contribution in [-0.2, 0) is 14.8 Å². The number of carbonyl (C=O) groups is 2. The van der Waals surface area contributed by atoms with Crippen molar-refractivity contribution in [3.8, 4) is 5.75 Å². The number of carbonyl (C=O) groups excluding carboxylic acids is 2. The molecule has 3 rings (SSSR count). The van der Waals surface area contributed by atoms with Gasteiger partial charge in [-0.15, -0.1) is 0 Å². The fourth-order valence-corrected chi connectivity index (χ4v) is 3.99. The smallest absolute Gasteiger partial charge is 0.262 e. The van der Waals surface area contributed by atoms with Crippen LogP contribution >= 0.6 is 0 Å². The highest BCUT2D eigenvalue weighted by Crippen LogP contribution is 2.26. The Morgan fingerprint density at radius 3 is 2.38 bits per heavy atom. The molecule has 0 aromatic heterocycles. The molecule has 0 atom stereocenters. The van der Waals surface area contributed by atoms with Crippen LogP contribution in [0.2, 0.25) is 0 Å². The van der Waals surface area contributed by atoms with Crippen LogP contribution in [0.3, 0.4) is 0 Å². The molecule has 32 heavy (non-hydrogen) atoms. The number of sulfonamides is 1. The van der Waals surface area contributed by atoms with Gasteiger partial charge in [0.25, 0.3) is 15.9 Å². The number of benzene rings is 3. The van der Waals surface area contributed by atoms with Gasteiger partial charge in [-0.2, -0.15) is 0 Å². The number of para-hydroxylation sites is 2. The minimum Gasteiger partial charge on any atom is -0.495 e. The number of hydrogen-bond acceptors (Lipinski definition) is 5. The lowest BCUT2D eigenvalue weighted by Crippen LogP contribution is -2.27. The highest BCUT2D eigenvalue weighted by atomic mass is 32.2. The number of ether oxygens (including phenoxy) is 1. The summed E-state index contributed by atoms with van der Waals surface area (Å²) >= 11 is 0. The molecule has 3 aromatic rings. The molecule has 0 saturated heterocycles. The zero-order chi connectivity index (χ0) is 23.0. The number of methoxy groups -OCH3 is 1. The van der Waals surface area contributed by atoms with Crippen molar-refractivity contribution in [3.63, 3.8) is 0 Å². The standard InChI is InChI=1S/C23H23N3O5S/c1-31-21-13-6-5-12-20(21)26-32(29,30)19-11-7-10-18(16-19)25-22(27)14-15-24-23(28)17-8-3-2-4-9-17/h2-13,16,26H,14-15H2,1H3,(H,24,28)(H,25,27). The van der Waals surface area contributed by atoms with Crippen molar-refractivity contribution in [2.24, 2.45) is 0 Å². The molecule has 0 unspecified atom stereocenters. The summed E-state index contributed by atoms with van der Waals surface area (Å²) in [5, 5.41) is 5.32. The summed E-state index contributed by atoms with van der Waals surface area (Å²) in [5.41, 5.74) is 1.14. The zero-order valence-electron chi connectivity index (χ0n) is 17.4. The van der Waals surface area contributed by atoms with E-state index in [-0.39, 0.29) is 29.7 Å². The van der Waals surface area contributed by atoms with Gasteiger partial charge < -0.3 is 15.4 Å². The molecule has 166 valence electrons. The SMILES string of the molecule is COc1ccccc1NS(=O)(=O)c1cccc(NC(=O)CCNC(=O)c2ccccc2)c1. The Kier molecular flexibility index (Phi) is 7.45. The average Bonchev–Trinajstić information content (AvgIpc) is 2.80. The Balaban J connectivity index is 1.59. The maximum Gasteiger partial charge on any atom is 0.262 e. The van der Waals surface area contributed by atoms with Gasteiger partial charge >= 0.3 is 0 Å². The van der Waals surface area contributed by atoms with Crippen LogP contribution in [0.25, 0.3) is 0 Å². The van der Waals surface area contributed by atoms with Gasteiger partial charge in [-0.1, -0.05) is 36.4 Å². The van der Waals surface area contributed by atoms with Crippen molar-refractivity contribution in [1.29, 1.82) is 0 Å². The predicted octanol–water partition coefficient (Wildman–Crippen LogP) is 3.25. The van der Waals surface area contributed by atoms with Crippen LogP contribution in [0.1, 0.15) is 16.8 Å². The number of amides is 2. The minimum absolute atomic E-state index is 0.0152. The molecule has 0 radical (unpaired) electrons. The van der Waals surface area contributed by atoms with E-state index in [1.54, 1.807) is 54.6 Å². The monoisotopic (exact) mass is 453 g/mol. The van der Waals surface area contributed by atoms with E-state index in [0.29, 0.717) is 22.7 Å². The van der Waals surface area contributed by atoms with E-state index in [4.69, 9.17) is 4.74 Å². The molecule has 0 bridgehead atoms. The van der Waals surface area contributed by atoms with Crippen LogP contribution < -0.4 is 20.1 Å². The van der Waals surface area contributed by atoms with Crippen LogP contribution in [0, 0.1) is 0 Å². The van der Waals surface area contributed by atoms with Gasteiger partial charge in [0, 0.05) is 24.2 Å². The molecule has 9 heteroatoms. The summed E-state index contributed by atoms with van der Waals surface area (Å²) in [6, 6.07) is 21.2. The van der Waals surface area contributed by atoms with E-state index in [1.807, 2.05) is 6.07 Å². The molecule has 3 aromatic carbocycles. The largest absolute Gasteiger partial charge is 0.495 e. The first-order valence-electron chi connectivity index (χ1n) is 9.78. The van der Waals surface area contributed by atoms with Crippen molar-refractivity contribution in [2.45, 2.75) is 11.3 Å². The molecular formula is C23H23N3O5S. The van der Waals surface area contributed by atoms with E-state index in [2.05, 4.69) is 15.4 Å². The first kappa shape index (κ1) is 22.8. The Bertz CT molecular complexity index is 1200. The summed E-state index contributed by atoms with van der Waals surface area (Å²) < 4.78 is 33.2. The van der Waals surface area contributed by atoms with E-state index >= 15 is 0 Å². The summed E-state index contributed by atoms with van der Waals surface area (Å²) in [5.74, 6) is -0.238. The quantitative estimate of drug-likeness (QED) is 0.460. The Morgan fingerprint density at radius 1 is 0.906 bits per heavy atom. The van der Waals surface area contributed by atoms with Crippen LogP contribution in [0.4, 0.5) is 11.4 Å². The van der Waals surface area contributed by atoms with Gasteiger partial charge in [0.1, 0.15) is 5.75 Å². The van der Waals surface area contributed by atoms with Crippen molar-refractivity contribution >= 4 is 33.2 Å². The third-order valence-electron chi connectivity index (χ3n) is 4.45. The summed E-state index contributed by atoms with van der Waals surface area (Å²) in [7, 11) is -2.45. The van der Waals surface area contributed by atoms with Crippen LogP contribution in [0.15, 0.2) is 83.8 Å². The van der Waals surface area contributed by atoms with Crippen molar-refractivity contribution in [2.75, 3.05) is 23.7 Å². The highest BCUT2D eigenvalue weighted by Gasteiger charge is 2.17. The molecule has 0 spiro atoms. The second-order valence-electron chi connectivity index (χ2n) is 6.75. The minimum atomic E-state index is -3.90. The van der Waals surface area contributed by atoms with Gasteiger partial charge in [0.05, 0.1) is 17.7 Å². The normalized spacial score (nSPS) is 10.8. The third-order valence-corrected chi connectivity index (χ3v) is 5.82. The molecular weight excluding hydrogens is 430 g/mol.